The number of hydrogen-bond donors (Lipinski definition) is 1. The molecule has 1 aromatic rings. The highest BCUT2D eigenvalue weighted by Gasteiger charge is 2.15. The fourth-order valence-electron chi connectivity index (χ4n) is 1.67. The Kier molecular flexibility index (Phi) is 3.55. The molecule has 1 unspecified atom stereocenters. The van der Waals surface area contributed by atoms with Crippen molar-refractivity contribution < 1.29 is 0 Å². The van der Waals surface area contributed by atoms with Gasteiger partial charge in [-0.1, -0.05) is 20.8 Å². The molecule has 0 amide bonds. The van der Waals surface area contributed by atoms with Crippen LogP contribution in [0.2, 0.25) is 0 Å². The van der Waals surface area contributed by atoms with Gasteiger partial charge in [0.05, 0.1) is 5.69 Å². The van der Waals surface area contributed by atoms with Crippen LogP contribution in [0, 0.1) is 6.92 Å². The van der Waals surface area contributed by atoms with Gasteiger partial charge in [-0.25, -0.2) is 4.98 Å². The Hall–Kier alpha value is -0.990. The summed E-state index contributed by atoms with van der Waals surface area (Å²) in [6, 6.07) is 0. The quantitative estimate of drug-likeness (QED) is 0.802. The average molecular weight is 195 g/mol. The van der Waals surface area contributed by atoms with E-state index in [4.69, 9.17) is 5.73 Å². The van der Waals surface area contributed by atoms with E-state index in [9.17, 15) is 0 Å². The zero-order chi connectivity index (χ0) is 10.7. The fourth-order valence-corrected chi connectivity index (χ4v) is 1.67. The number of anilines is 1. The van der Waals surface area contributed by atoms with Gasteiger partial charge in [-0.15, -0.1) is 0 Å². The SMILES string of the molecule is CCCn1c(C)nc(C(C)CC)c1N. The van der Waals surface area contributed by atoms with Crippen LogP contribution < -0.4 is 5.73 Å². The van der Waals surface area contributed by atoms with Crippen LogP contribution in [0.4, 0.5) is 5.82 Å². The van der Waals surface area contributed by atoms with Crippen molar-refractivity contribution in [2.45, 2.75) is 53.0 Å². The van der Waals surface area contributed by atoms with E-state index in [1.807, 2.05) is 6.92 Å². The highest BCUT2D eigenvalue weighted by atomic mass is 15.1. The summed E-state index contributed by atoms with van der Waals surface area (Å²) in [4.78, 5) is 4.54. The van der Waals surface area contributed by atoms with E-state index in [2.05, 4.69) is 30.3 Å². The zero-order valence-electron chi connectivity index (χ0n) is 9.67. The second kappa shape index (κ2) is 4.49. The predicted molar refractivity (Wildman–Crippen MR) is 60.4 cm³/mol. The Morgan fingerprint density at radius 2 is 2.07 bits per heavy atom. The van der Waals surface area contributed by atoms with Crippen LogP contribution in [0.3, 0.4) is 0 Å². The number of nitrogens with zero attached hydrogens (tertiary/aromatic N) is 2. The molecule has 3 heteroatoms. The molecule has 0 aliphatic carbocycles. The maximum atomic E-state index is 6.07. The van der Waals surface area contributed by atoms with Gasteiger partial charge in [0.15, 0.2) is 0 Å². The lowest BCUT2D eigenvalue weighted by Crippen LogP contribution is -2.05. The summed E-state index contributed by atoms with van der Waals surface area (Å²) in [6.45, 7) is 9.49. The molecule has 14 heavy (non-hydrogen) atoms. The number of aryl methyl sites for hydroxylation is 1. The Bertz CT molecular complexity index is 302. The molecular formula is C11H21N3. The van der Waals surface area contributed by atoms with Crippen LogP contribution in [0.5, 0.6) is 0 Å². The lowest BCUT2D eigenvalue weighted by molar-refractivity contribution is 0.664. The van der Waals surface area contributed by atoms with Crippen molar-refractivity contribution in [1.29, 1.82) is 0 Å². The third-order valence-electron chi connectivity index (χ3n) is 2.75. The molecule has 1 aromatic heterocycles. The van der Waals surface area contributed by atoms with Crippen LogP contribution in [0.1, 0.15) is 51.0 Å². The van der Waals surface area contributed by atoms with Gasteiger partial charge in [-0.2, -0.15) is 0 Å². The molecule has 0 aromatic carbocycles. The number of aromatic nitrogens is 2. The third-order valence-corrected chi connectivity index (χ3v) is 2.75. The summed E-state index contributed by atoms with van der Waals surface area (Å²) in [5, 5.41) is 0. The van der Waals surface area contributed by atoms with E-state index in [1.165, 1.54) is 0 Å². The van der Waals surface area contributed by atoms with Crippen molar-refractivity contribution in [2.24, 2.45) is 0 Å². The van der Waals surface area contributed by atoms with E-state index in [0.29, 0.717) is 5.92 Å². The van der Waals surface area contributed by atoms with Crippen LogP contribution in [-0.4, -0.2) is 9.55 Å². The van der Waals surface area contributed by atoms with Gasteiger partial charge < -0.3 is 10.3 Å². The van der Waals surface area contributed by atoms with E-state index in [1.54, 1.807) is 0 Å². The summed E-state index contributed by atoms with van der Waals surface area (Å²) in [5.74, 6) is 2.37. The molecule has 1 atom stereocenters. The summed E-state index contributed by atoms with van der Waals surface area (Å²) in [7, 11) is 0. The van der Waals surface area contributed by atoms with Gasteiger partial charge in [0.25, 0.3) is 0 Å². The van der Waals surface area contributed by atoms with Crippen LogP contribution in [0.25, 0.3) is 0 Å². The largest absolute Gasteiger partial charge is 0.384 e. The van der Waals surface area contributed by atoms with Gasteiger partial charge in [0.2, 0.25) is 0 Å². The Morgan fingerprint density at radius 1 is 1.43 bits per heavy atom. The summed E-state index contributed by atoms with van der Waals surface area (Å²) in [6.07, 6.45) is 2.19. The molecular weight excluding hydrogens is 174 g/mol. The van der Waals surface area contributed by atoms with Gasteiger partial charge in [0, 0.05) is 12.5 Å². The van der Waals surface area contributed by atoms with E-state index in [0.717, 1.165) is 36.7 Å². The van der Waals surface area contributed by atoms with Gasteiger partial charge in [-0.3, -0.25) is 0 Å². The summed E-state index contributed by atoms with van der Waals surface area (Å²) < 4.78 is 2.11. The summed E-state index contributed by atoms with van der Waals surface area (Å²) >= 11 is 0. The smallest absolute Gasteiger partial charge is 0.127 e. The van der Waals surface area contributed by atoms with Crippen LogP contribution in [0.15, 0.2) is 0 Å². The Balaban J connectivity index is 3.03. The Morgan fingerprint density at radius 3 is 2.57 bits per heavy atom. The number of hydrogen-bond acceptors (Lipinski definition) is 2. The molecule has 1 rings (SSSR count). The Labute approximate surface area is 86.3 Å². The minimum atomic E-state index is 0.465. The standard InChI is InChI=1S/C11H21N3/c1-5-7-14-9(4)13-10(11(14)12)8(3)6-2/h8H,5-7,12H2,1-4H3. The highest BCUT2D eigenvalue weighted by molar-refractivity contribution is 5.40. The molecule has 0 fully saturated rings. The fraction of sp³-hybridized carbons (Fsp3) is 0.727. The minimum absolute atomic E-state index is 0.465. The summed E-state index contributed by atoms with van der Waals surface area (Å²) in [5.41, 5.74) is 7.14. The minimum Gasteiger partial charge on any atom is -0.384 e. The molecule has 0 aliphatic heterocycles. The number of nitrogen functional groups attached to an aromatic ring is 1. The lowest BCUT2D eigenvalue weighted by Gasteiger charge is -2.08. The maximum absolute atomic E-state index is 6.07. The predicted octanol–water partition coefficient (Wildman–Crippen LogP) is 2.70. The molecule has 1 heterocycles. The van der Waals surface area contributed by atoms with Crippen molar-refractivity contribution in [3.05, 3.63) is 11.5 Å². The molecule has 2 N–H and O–H groups in total. The first kappa shape index (κ1) is 11.1. The van der Waals surface area contributed by atoms with Gasteiger partial charge in [0.1, 0.15) is 11.6 Å². The average Bonchev–Trinajstić information content (AvgIpc) is 2.45. The molecule has 0 saturated carbocycles. The molecule has 0 spiro atoms. The second-order valence-corrected chi connectivity index (χ2v) is 3.89. The molecule has 80 valence electrons. The zero-order valence-corrected chi connectivity index (χ0v) is 9.67. The van der Waals surface area contributed by atoms with Crippen molar-refractivity contribution >= 4 is 5.82 Å². The van der Waals surface area contributed by atoms with Crippen molar-refractivity contribution in [2.75, 3.05) is 5.73 Å². The molecule has 0 bridgehead atoms. The topological polar surface area (TPSA) is 43.8 Å². The molecule has 0 saturated heterocycles. The van der Waals surface area contributed by atoms with Gasteiger partial charge >= 0.3 is 0 Å². The van der Waals surface area contributed by atoms with Crippen molar-refractivity contribution in [1.82, 2.24) is 9.55 Å². The van der Waals surface area contributed by atoms with E-state index in [-0.39, 0.29) is 0 Å². The lowest BCUT2D eigenvalue weighted by atomic mass is 10.1. The van der Waals surface area contributed by atoms with Crippen LogP contribution >= 0.6 is 0 Å². The third kappa shape index (κ3) is 1.91. The van der Waals surface area contributed by atoms with Crippen molar-refractivity contribution in [3.8, 4) is 0 Å². The van der Waals surface area contributed by atoms with E-state index >= 15 is 0 Å². The monoisotopic (exact) mass is 195 g/mol. The first-order chi connectivity index (χ1) is 6.61. The maximum Gasteiger partial charge on any atom is 0.127 e. The van der Waals surface area contributed by atoms with Crippen LogP contribution in [-0.2, 0) is 6.54 Å². The molecule has 3 nitrogen and oxygen atoms in total. The second-order valence-electron chi connectivity index (χ2n) is 3.89. The number of imidazole rings is 1. The highest BCUT2D eigenvalue weighted by Crippen LogP contribution is 2.25. The molecule has 0 radical (unpaired) electrons. The van der Waals surface area contributed by atoms with E-state index < -0.39 is 0 Å². The molecule has 0 aliphatic rings. The first-order valence-corrected chi connectivity index (χ1v) is 5.44. The van der Waals surface area contributed by atoms with Crippen molar-refractivity contribution in [3.63, 3.8) is 0 Å². The van der Waals surface area contributed by atoms with Gasteiger partial charge in [-0.05, 0) is 19.8 Å². The number of rotatable bonds is 4. The first-order valence-electron chi connectivity index (χ1n) is 5.44. The number of nitrogens with two attached hydrogens (primary N) is 1. The normalized spacial score (nSPS) is 13.1.